The molecule has 1 heterocycles. The predicted molar refractivity (Wildman–Crippen MR) is 64.9 cm³/mol. The largest absolute Gasteiger partial charge is 0.372 e. The van der Waals surface area contributed by atoms with E-state index in [1.54, 1.807) is 0 Å². The first kappa shape index (κ1) is 11.4. The van der Waals surface area contributed by atoms with Crippen molar-refractivity contribution in [2.24, 2.45) is 0 Å². The van der Waals surface area contributed by atoms with Gasteiger partial charge in [-0.2, -0.15) is 0 Å². The van der Waals surface area contributed by atoms with Gasteiger partial charge in [0.1, 0.15) is 6.04 Å². The number of carbonyl (C=O) groups is 2. The van der Waals surface area contributed by atoms with Gasteiger partial charge in [-0.3, -0.25) is 10.1 Å². The molecule has 5 heteroatoms. The molecule has 1 aromatic rings. The van der Waals surface area contributed by atoms with Crippen LogP contribution in [0.25, 0.3) is 0 Å². The van der Waals surface area contributed by atoms with E-state index in [0.29, 0.717) is 6.54 Å². The molecule has 0 radical (unpaired) electrons. The summed E-state index contributed by atoms with van der Waals surface area (Å²) in [6, 6.07) is 5.05. The molecule has 3 amide bonds. The van der Waals surface area contributed by atoms with Crippen molar-refractivity contribution in [3.05, 3.63) is 29.3 Å². The highest BCUT2D eigenvalue weighted by Gasteiger charge is 2.25. The van der Waals surface area contributed by atoms with Crippen LogP contribution in [0.15, 0.2) is 18.2 Å². The fourth-order valence-corrected chi connectivity index (χ4v) is 1.68. The Morgan fingerprint density at radius 2 is 2.00 bits per heavy atom. The Balaban J connectivity index is 2.08. The SMILES string of the molecule is Cc1ccc(N[C@@H]2CNC(=O)NC2=O)cc1C. The lowest BCUT2D eigenvalue weighted by molar-refractivity contribution is -0.121. The molecule has 1 aliphatic rings. The van der Waals surface area contributed by atoms with Crippen LogP contribution >= 0.6 is 0 Å². The van der Waals surface area contributed by atoms with Gasteiger partial charge in [0, 0.05) is 12.2 Å². The first-order valence-corrected chi connectivity index (χ1v) is 5.49. The molecular weight excluding hydrogens is 218 g/mol. The zero-order valence-corrected chi connectivity index (χ0v) is 9.83. The van der Waals surface area contributed by atoms with Gasteiger partial charge in [-0.25, -0.2) is 4.79 Å². The Morgan fingerprint density at radius 1 is 1.24 bits per heavy atom. The molecule has 1 atom stereocenters. The molecule has 3 N–H and O–H groups in total. The zero-order valence-electron chi connectivity index (χ0n) is 9.83. The van der Waals surface area contributed by atoms with Crippen molar-refractivity contribution in [2.45, 2.75) is 19.9 Å². The second-order valence-electron chi connectivity index (χ2n) is 4.20. The van der Waals surface area contributed by atoms with Crippen molar-refractivity contribution < 1.29 is 9.59 Å². The predicted octanol–water partition coefficient (Wildman–Crippen LogP) is 0.923. The number of rotatable bonds is 2. The quantitative estimate of drug-likeness (QED) is 0.711. The number of amides is 3. The van der Waals surface area contributed by atoms with Gasteiger partial charge in [0.2, 0.25) is 0 Å². The Kier molecular flexibility index (Phi) is 2.99. The highest BCUT2D eigenvalue weighted by molar-refractivity contribution is 6.00. The van der Waals surface area contributed by atoms with E-state index in [-0.39, 0.29) is 5.91 Å². The van der Waals surface area contributed by atoms with E-state index >= 15 is 0 Å². The summed E-state index contributed by atoms with van der Waals surface area (Å²) in [7, 11) is 0. The fraction of sp³-hybridized carbons (Fsp3) is 0.333. The Morgan fingerprint density at radius 3 is 2.65 bits per heavy atom. The molecular formula is C12H15N3O2. The third-order valence-electron chi connectivity index (χ3n) is 2.87. The van der Waals surface area contributed by atoms with Gasteiger partial charge < -0.3 is 10.6 Å². The first-order valence-electron chi connectivity index (χ1n) is 5.49. The zero-order chi connectivity index (χ0) is 12.4. The van der Waals surface area contributed by atoms with Crippen molar-refractivity contribution in [3.63, 3.8) is 0 Å². The molecule has 0 unspecified atom stereocenters. The van der Waals surface area contributed by atoms with Crippen LogP contribution in [0.2, 0.25) is 0 Å². The van der Waals surface area contributed by atoms with Crippen molar-refractivity contribution >= 4 is 17.6 Å². The minimum Gasteiger partial charge on any atom is -0.372 e. The average molecular weight is 233 g/mol. The number of nitrogens with one attached hydrogen (secondary N) is 3. The Labute approximate surface area is 99.6 Å². The molecule has 1 aromatic carbocycles. The molecule has 1 aliphatic heterocycles. The van der Waals surface area contributed by atoms with Gasteiger partial charge in [0.25, 0.3) is 5.91 Å². The molecule has 0 saturated carbocycles. The summed E-state index contributed by atoms with van der Waals surface area (Å²) in [5.74, 6) is -0.299. The summed E-state index contributed by atoms with van der Waals surface area (Å²) in [5.41, 5.74) is 3.25. The van der Waals surface area contributed by atoms with E-state index in [1.807, 2.05) is 32.0 Å². The van der Waals surface area contributed by atoms with Crippen LogP contribution in [0.3, 0.4) is 0 Å². The van der Waals surface area contributed by atoms with Crippen molar-refractivity contribution in [1.82, 2.24) is 10.6 Å². The standard InChI is InChI=1S/C12H15N3O2/c1-7-3-4-9(5-8(7)2)14-10-6-13-12(17)15-11(10)16/h3-5,10,14H,6H2,1-2H3,(H2,13,15,16,17)/t10-/m1/s1. The van der Waals surface area contributed by atoms with Gasteiger partial charge in [0.05, 0.1) is 0 Å². The summed E-state index contributed by atoms with van der Waals surface area (Å²) in [5, 5.41) is 7.89. The van der Waals surface area contributed by atoms with Gasteiger partial charge in [-0.15, -0.1) is 0 Å². The number of urea groups is 1. The fourth-order valence-electron chi connectivity index (χ4n) is 1.68. The number of aryl methyl sites for hydroxylation is 2. The smallest absolute Gasteiger partial charge is 0.321 e. The van der Waals surface area contributed by atoms with Gasteiger partial charge in [-0.1, -0.05) is 6.07 Å². The van der Waals surface area contributed by atoms with Crippen LogP contribution in [0, 0.1) is 13.8 Å². The van der Waals surface area contributed by atoms with E-state index in [9.17, 15) is 9.59 Å². The highest BCUT2D eigenvalue weighted by Crippen LogP contribution is 2.15. The first-order chi connectivity index (χ1) is 8.06. The third kappa shape index (κ3) is 2.55. The van der Waals surface area contributed by atoms with Crippen LogP contribution < -0.4 is 16.0 Å². The summed E-state index contributed by atoms with van der Waals surface area (Å²) in [4.78, 5) is 22.4. The maximum Gasteiger partial charge on any atom is 0.321 e. The normalized spacial score (nSPS) is 19.5. The average Bonchev–Trinajstić information content (AvgIpc) is 2.27. The second kappa shape index (κ2) is 4.45. The number of carbonyl (C=O) groups excluding carboxylic acids is 2. The number of imide groups is 1. The van der Waals surface area contributed by atoms with Gasteiger partial charge in [0.15, 0.2) is 0 Å². The minimum absolute atomic E-state index is 0.299. The lowest BCUT2D eigenvalue weighted by Crippen LogP contribution is -2.57. The maximum atomic E-state index is 11.5. The number of hydrogen-bond acceptors (Lipinski definition) is 3. The molecule has 5 nitrogen and oxygen atoms in total. The Hall–Kier alpha value is -2.04. The molecule has 2 rings (SSSR count). The highest BCUT2D eigenvalue weighted by atomic mass is 16.2. The van der Waals surface area contributed by atoms with E-state index in [4.69, 9.17) is 0 Å². The minimum atomic E-state index is -0.437. The summed E-state index contributed by atoms with van der Waals surface area (Å²) >= 11 is 0. The summed E-state index contributed by atoms with van der Waals surface area (Å²) in [6.45, 7) is 4.35. The van der Waals surface area contributed by atoms with E-state index in [1.165, 1.54) is 5.56 Å². The topological polar surface area (TPSA) is 70.2 Å². The van der Waals surface area contributed by atoms with Crippen LogP contribution in [-0.2, 0) is 4.79 Å². The molecule has 17 heavy (non-hydrogen) atoms. The maximum absolute atomic E-state index is 11.5. The number of benzene rings is 1. The molecule has 0 aromatic heterocycles. The van der Waals surface area contributed by atoms with Crippen LogP contribution in [0.1, 0.15) is 11.1 Å². The van der Waals surface area contributed by atoms with Gasteiger partial charge >= 0.3 is 6.03 Å². The monoisotopic (exact) mass is 233 g/mol. The molecule has 0 spiro atoms. The van der Waals surface area contributed by atoms with Crippen LogP contribution in [0.5, 0.6) is 0 Å². The van der Waals surface area contributed by atoms with E-state index in [2.05, 4.69) is 16.0 Å². The summed E-state index contributed by atoms with van der Waals surface area (Å²) < 4.78 is 0. The van der Waals surface area contributed by atoms with Crippen molar-refractivity contribution in [2.75, 3.05) is 11.9 Å². The molecule has 90 valence electrons. The summed E-state index contributed by atoms with van der Waals surface area (Å²) in [6.07, 6.45) is 0. The number of hydrogen-bond donors (Lipinski definition) is 3. The van der Waals surface area contributed by atoms with Crippen molar-refractivity contribution in [1.29, 1.82) is 0 Å². The molecule has 1 fully saturated rings. The van der Waals surface area contributed by atoms with Crippen molar-refractivity contribution in [3.8, 4) is 0 Å². The lowest BCUT2D eigenvalue weighted by Gasteiger charge is -2.24. The second-order valence-corrected chi connectivity index (χ2v) is 4.20. The van der Waals surface area contributed by atoms with Crippen LogP contribution in [-0.4, -0.2) is 24.5 Å². The molecule has 0 bridgehead atoms. The molecule has 0 aliphatic carbocycles. The lowest BCUT2D eigenvalue weighted by atomic mass is 10.1. The Bertz CT molecular complexity index is 471. The van der Waals surface area contributed by atoms with Gasteiger partial charge in [-0.05, 0) is 37.1 Å². The van der Waals surface area contributed by atoms with E-state index < -0.39 is 12.1 Å². The number of anilines is 1. The molecule has 1 saturated heterocycles. The van der Waals surface area contributed by atoms with Crippen LogP contribution in [0.4, 0.5) is 10.5 Å². The third-order valence-corrected chi connectivity index (χ3v) is 2.87. The van der Waals surface area contributed by atoms with E-state index in [0.717, 1.165) is 11.3 Å².